The molecule has 1 aliphatic rings. The maximum absolute atomic E-state index is 12.6. The number of benzene rings is 1. The molecule has 1 heterocycles. The molecule has 0 saturated heterocycles. The van der Waals surface area contributed by atoms with Crippen LogP contribution in [0.25, 0.3) is 0 Å². The van der Waals surface area contributed by atoms with Gasteiger partial charge in [0.2, 0.25) is 11.7 Å². The molecule has 0 unspecified atom stereocenters. The van der Waals surface area contributed by atoms with Crippen LogP contribution in [0.4, 0.5) is 14.6 Å². The predicted molar refractivity (Wildman–Crippen MR) is 114 cm³/mol. The molecule has 12 heteroatoms. The molecule has 0 saturated carbocycles. The number of carbonyl (C=O) groups excluding carboxylic acids is 1. The number of nitrogens with zero attached hydrogens (tertiary/aromatic N) is 3. The number of aryl methyl sites for hydroxylation is 2. The Labute approximate surface area is 183 Å². The largest absolute Gasteiger partial charge is 0.409 e. The number of oxime groups is 1. The molecule has 1 aromatic carbocycles. The molecule has 0 atom stereocenters. The predicted octanol–water partition coefficient (Wildman–Crippen LogP) is 1.65. The molecule has 1 aromatic heterocycles. The van der Waals surface area contributed by atoms with Crippen molar-refractivity contribution in [3.8, 4) is 0 Å². The molecule has 174 valence electrons. The number of anilines is 1. The first-order chi connectivity index (χ1) is 15.3. The number of allylic oxidation sites excluding steroid dienone is 2. The minimum Gasteiger partial charge on any atom is -0.409 e. The number of nitrogens with two attached hydrogens (primary N) is 1. The Kier molecular flexibility index (Phi) is 11.7. The summed E-state index contributed by atoms with van der Waals surface area (Å²) in [6.45, 7) is 5.87. The molecule has 6 N–H and O–H groups in total. The first kappa shape index (κ1) is 26.2. The van der Waals surface area contributed by atoms with Crippen LogP contribution in [0.2, 0.25) is 0 Å². The molecule has 1 aliphatic carbocycles. The fourth-order valence-corrected chi connectivity index (χ4v) is 2.48. The van der Waals surface area contributed by atoms with E-state index in [-0.39, 0.29) is 48.8 Å². The zero-order valence-corrected chi connectivity index (χ0v) is 17.4. The second kappa shape index (κ2) is 14.2. The van der Waals surface area contributed by atoms with Crippen LogP contribution >= 0.6 is 0 Å². The molecule has 1 amide bonds. The summed E-state index contributed by atoms with van der Waals surface area (Å²) in [5.74, 6) is -1.14. The highest BCUT2D eigenvalue weighted by atomic mass is 19.1. The van der Waals surface area contributed by atoms with Crippen molar-refractivity contribution in [3.63, 3.8) is 0 Å². The number of rotatable bonds is 7. The van der Waals surface area contributed by atoms with Gasteiger partial charge in [0.25, 0.3) is 0 Å². The Morgan fingerprint density at radius 1 is 1.34 bits per heavy atom. The highest BCUT2D eigenvalue weighted by Gasteiger charge is 2.15. The van der Waals surface area contributed by atoms with Gasteiger partial charge in [-0.15, -0.1) is 0 Å². The molecule has 0 radical (unpaired) electrons. The number of hydrogen-bond acceptors (Lipinski definition) is 8. The third-order valence-corrected chi connectivity index (χ3v) is 3.97. The molecular weight excluding hydrogens is 426 g/mol. The molecule has 32 heavy (non-hydrogen) atoms. The Balaban J connectivity index is 0.000000285. The van der Waals surface area contributed by atoms with Gasteiger partial charge in [-0.2, -0.15) is 0 Å². The van der Waals surface area contributed by atoms with Crippen molar-refractivity contribution in [2.45, 2.75) is 19.3 Å². The maximum Gasteiger partial charge on any atom is 0.239 e. The average Bonchev–Trinajstić information content (AvgIpc) is 3.45. The maximum atomic E-state index is 12.6. The van der Waals surface area contributed by atoms with Crippen LogP contribution in [0.3, 0.4) is 0 Å². The van der Waals surface area contributed by atoms with Crippen LogP contribution in [-0.2, 0) is 17.6 Å². The van der Waals surface area contributed by atoms with E-state index in [0.717, 1.165) is 18.9 Å². The molecule has 10 nitrogen and oxygen atoms in total. The summed E-state index contributed by atoms with van der Waals surface area (Å²) in [4.78, 5) is 11.2. The summed E-state index contributed by atoms with van der Waals surface area (Å²) in [5, 5.41) is 31.5. The molecule has 2 aromatic rings. The average molecular weight is 452 g/mol. The van der Waals surface area contributed by atoms with Crippen LogP contribution < -0.4 is 16.4 Å². The van der Waals surface area contributed by atoms with Crippen molar-refractivity contribution in [1.29, 1.82) is 0 Å². The fraction of sp³-hybridized carbons (Fsp3) is 0.300. The Morgan fingerprint density at radius 2 is 2.03 bits per heavy atom. The third kappa shape index (κ3) is 9.34. The summed E-state index contributed by atoms with van der Waals surface area (Å²) in [5.41, 5.74) is 7.84. The summed E-state index contributed by atoms with van der Waals surface area (Å²) in [6.07, 6.45) is 4.45. The fourth-order valence-electron chi connectivity index (χ4n) is 2.48. The van der Waals surface area contributed by atoms with Gasteiger partial charge in [0.1, 0.15) is 11.6 Å². The number of amides is 1. The van der Waals surface area contributed by atoms with Crippen molar-refractivity contribution < 1.29 is 28.5 Å². The SMILES string of the molecule is C=CC(=C)F.Fc1ccc2c(c1)CCC2.N/C(=N\O)c1nonc1NCC(=O)NCCO. The van der Waals surface area contributed by atoms with Crippen molar-refractivity contribution in [3.05, 3.63) is 65.9 Å². The lowest BCUT2D eigenvalue weighted by Gasteiger charge is -2.04. The number of aliphatic hydroxyl groups excluding tert-OH is 1. The Morgan fingerprint density at radius 3 is 2.66 bits per heavy atom. The summed E-state index contributed by atoms with van der Waals surface area (Å²) in [6, 6.07) is 5.10. The topological polar surface area (TPSA) is 159 Å². The summed E-state index contributed by atoms with van der Waals surface area (Å²) >= 11 is 0. The number of fused-ring (bicyclic) bond motifs is 1. The number of aliphatic hydroxyl groups is 1. The minimum absolute atomic E-state index is 0.00228. The van der Waals surface area contributed by atoms with Gasteiger partial charge >= 0.3 is 0 Å². The number of carbonyl (C=O) groups is 1. The van der Waals surface area contributed by atoms with Gasteiger partial charge in [-0.25, -0.2) is 13.4 Å². The summed E-state index contributed by atoms with van der Waals surface area (Å²) in [7, 11) is 0. The second-order valence-electron chi connectivity index (χ2n) is 6.29. The van der Waals surface area contributed by atoms with E-state index in [0.29, 0.717) is 0 Å². The lowest BCUT2D eigenvalue weighted by atomic mass is 10.1. The molecular formula is C20H26F2N6O4. The van der Waals surface area contributed by atoms with Crippen LogP contribution in [-0.4, -0.2) is 52.1 Å². The van der Waals surface area contributed by atoms with E-state index in [2.05, 4.69) is 43.9 Å². The van der Waals surface area contributed by atoms with E-state index in [4.69, 9.17) is 16.0 Å². The van der Waals surface area contributed by atoms with Crippen molar-refractivity contribution in [1.82, 2.24) is 15.6 Å². The van der Waals surface area contributed by atoms with E-state index in [1.54, 1.807) is 12.1 Å². The van der Waals surface area contributed by atoms with Gasteiger partial charge in [-0.05, 0) is 58.9 Å². The second-order valence-corrected chi connectivity index (χ2v) is 6.29. The van der Waals surface area contributed by atoms with Crippen LogP contribution in [0, 0.1) is 5.82 Å². The van der Waals surface area contributed by atoms with E-state index >= 15 is 0 Å². The number of amidine groups is 1. The lowest BCUT2D eigenvalue weighted by molar-refractivity contribution is -0.119. The quantitative estimate of drug-likeness (QED) is 0.139. The zero-order valence-electron chi connectivity index (χ0n) is 17.4. The Bertz CT molecular complexity index is 933. The molecule has 0 spiro atoms. The number of hydrogen-bond donors (Lipinski definition) is 5. The smallest absolute Gasteiger partial charge is 0.239 e. The third-order valence-electron chi connectivity index (χ3n) is 3.97. The molecule has 0 fully saturated rings. The van der Waals surface area contributed by atoms with Crippen molar-refractivity contribution in [2.75, 3.05) is 25.0 Å². The minimum atomic E-state index is -0.481. The Hall–Kier alpha value is -3.80. The number of nitrogens with one attached hydrogen (secondary N) is 2. The van der Waals surface area contributed by atoms with E-state index in [1.165, 1.54) is 17.5 Å². The number of aromatic nitrogens is 2. The van der Waals surface area contributed by atoms with Crippen LogP contribution in [0.5, 0.6) is 0 Å². The zero-order chi connectivity index (χ0) is 23.9. The molecule has 0 bridgehead atoms. The van der Waals surface area contributed by atoms with Crippen molar-refractivity contribution in [2.24, 2.45) is 10.9 Å². The lowest BCUT2D eigenvalue weighted by Crippen LogP contribution is -2.32. The first-order valence-electron chi connectivity index (χ1n) is 9.48. The van der Waals surface area contributed by atoms with Crippen LogP contribution in [0.1, 0.15) is 23.2 Å². The normalized spacial score (nSPS) is 11.8. The van der Waals surface area contributed by atoms with Crippen molar-refractivity contribution >= 4 is 17.6 Å². The van der Waals surface area contributed by atoms with Gasteiger partial charge < -0.3 is 26.7 Å². The van der Waals surface area contributed by atoms with Gasteiger partial charge in [-0.1, -0.05) is 24.4 Å². The van der Waals surface area contributed by atoms with Gasteiger partial charge in [-0.3, -0.25) is 4.79 Å². The summed E-state index contributed by atoms with van der Waals surface area (Å²) < 4.78 is 28.1. The molecule has 0 aliphatic heterocycles. The van der Waals surface area contributed by atoms with E-state index in [1.807, 2.05) is 6.07 Å². The van der Waals surface area contributed by atoms with Gasteiger partial charge in [0.15, 0.2) is 11.5 Å². The standard InChI is InChI=1S/C9H9F.C7H12N6O4.C4H5F/c10-9-5-4-7-2-1-3-8(7)6-9;8-6(11-16)5-7(13-17-12-5)10-3-4(15)9-1-2-14;1-3-4(2)5/h4-6H,1-3H2;14,16H,1-3H2,(H2,8,11)(H,9,15)(H,10,13);3H,1-2H2. The highest BCUT2D eigenvalue weighted by Crippen LogP contribution is 2.21. The first-order valence-corrected chi connectivity index (χ1v) is 9.48. The van der Waals surface area contributed by atoms with Gasteiger partial charge in [0, 0.05) is 6.54 Å². The molecule has 3 rings (SSSR count). The highest BCUT2D eigenvalue weighted by molar-refractivity contribution is 5.99. The number of halogens is 2. The van der Waals surface area contributed by atoms with Gasteiger partial charge in [0.05, 0.1) is 13.2 Å². The van der Waals surface area contributed by atoms with E-state index in [9.17, 15) is 13.6 Å². The van der Waals surface area contributed by atoms with Crippen LogP contribution in [0.15, 0.2) is 53.0 Å². The monoisotopic (exact) mass is 452 g/mol. The van der Waals surface area contributed by atoms with E-state index < -0.39 is 5.83 Å².